The zero-order valence-corrected chi connectivity index (χ0v) is 34.8. The lowest BCUT2D eigenvalue weighted by Crippen LogP contribution is -2.54. The Labute approximate surface area is 347 Å². The van der Waals surface area contributed by atoms with Gasteiger partial charge in [0.25, 0.3) is 11.8 Å². The number of sulfone groups is 1. The molecule has 1 aromatic heterocycles. The number of rotatable bonds is 16. The van der Waals surface area contributed by atoms with Crippen LogP contribution in [-0.4, -0.2) is 96.3 Å². The zero-order chi connectivity index (χ0) is 42.6. The van der Waals surface area contributed by atoms with Crippen molar-refractivity contribution in [2.45, 2.75) is 69.1 Å². The highest BCUT2D eigenvalue weighted by Gasteiger charge is 2.45. The molecule has 59 heavy (non-hydrogen) atoms. The maximum absolute atomic E-state index is 13.4. The third kappa shape index (κ3) is 9.15. The summed E-state index contributed by atoms with van der Waals surface area (Å²) in [4.78, 5) is 75.2. The Morgan fingerprint density at radius 3 is 2.51 bits per heavy atom. The highest BCUT2D eigenvalue weighted by Crippen LogP contribution is 2.35. The first kappa shape index (κ1) is 42.5. The molecule has 0 aliphatic carbocycles. The van der Waals surface area contributed by atoms with E-state index in [4.69, 9.17) is 16.3 Å². The van der Waals surface area contributed by atoms with Crippen molar-refractivity contribution in [3.05, 3.63) is 88.1 Å². The predicted molar refractivity (Wildman–Crippen MR) is 222 cm³/mol. The number of para-hydroxylation sites is 1. The number of aromatic nitrogens is 2. The fraction of sp³-hybridized carbons (Fsp3) is 0.341. The van der Waals surface area contributed by atoms with E-state index >= 15 is 0 Å². The summed E-state index contributed by atoms with van der Waals surface area (Å²) < 4.78 is 31.7. The van der Waals surface area contributed by atoms with Gasteiger partial charge in [-0.1, -0.05) is 29.8 Å². The minimum absolute atomic E-state index is 0.0329. The van der Waals surface area contributed by atoms with Crippen molar-refractivity contribution in [1.29, 1.82) is 0 Å². The lowest BCUT2D eigenvalue weighted by Gasteiger charge is -2.27. The molecular weight excluding hydrogens is 800 g/mol. The number of likely N-dealkylation sites (N-methyl/N-ethyl adjacent to an activating group) is 1. The molecule has 0 spiro atoms. The van der Waals surface area contributed by atoms with E-state index in [0.717, 1.165) is 16.0 Å². The quantitative estimate of drug-likeness (QED) is 0.0823. The Hall–Kier alpha value is -6.07. The van der Waals surface area contributed by atoms with Gasteiger partial charge < -0.3 is 25.6 Å². The number of piperidine rings is 1. The maximum atomic E-state index is 13.4. The number of hydrogen-bond donors (Lipinski definition) is 4. The minimum Gasteiger partial charge on any atom is -0.495 e. The summed E-state index contributed by atoms with van der Waals surface area (Å²) >= 11 is 6.43. The second-order valence-electron chi connectivity index (χ2n) is 14.5. The van der Waals surface area contributed by atoms with E-state index in [0.29, 0.717) is 48.7 Å². The predicted octanol–water partition coefficient (Wildman–Crippen LogP) is 5.41. The molecule has 18 heteroatoms. The minimum atomic E-state index is -3.60. The van der Waals surface area contributed by atoms with Gasteiger partial charge in [-0.25, -0.2) is 13.4 Å². The lowest BCUT2D eigenvalue weighted by molar-refractivity contribution is -0.136. The highest BCUT2D eigenvalue weighted by atomic mass is 35.5. The van der Waals surface area contributed by atoms with Crippen molar-refractivity contribution in [3.8, 4) is 5.75 Å². The zero-order valence-electron chi connectivity index (χ0n) is 33.2. The standard InChI is InChI=1S/C41H45ClN8O8S/c1-23(2)59(56,57)33-13-7-6-11-28(33)45-37-27(42)22-44-41(48-37)46-30-20-24(3)25(21-32(30)58-5)17-19-49(4)35(52)14-9-18-43-29-12-8-10-26-36(29)40(55)50(39(26)54)31-15-16-34(51)47-38(31)53/h6-8,10-13,20-23,31,43H,9,14-19H2,1-5H3,(H,47,51,53)(H2,44,45,46,48). The maximum Gasteiger partial charge on any atom is 0.264 e. The molecule has 1 fully saturated rings. The van der Waals surface area contributed by atoms with Gasteiger partial charge in [-0.2, -0.15) is 4.98 Å². The van der Waals surface area contributed by atoms with Crippen LogP contribution in [0.2, 0.25) is 5.02 Å². The summed E-state index contributed by atoms with van der Waals surface area (Å²) in [6, 6.07) is 14.1. The summed E-state index contributed by atoms with van der Waals surface area (Å²) in [7, 11) is -0.327. The molecule has 4 N–H and O–H groups in total. The molecule has 4 aromatic rings. The van der Waals surface area contributed by atoms with Crippen LogP contribution >= 0.6 is 11.6 Å². The van der Waals surface area contributed by atoms with Gasteiger partial charge in [0.2, 0.25) is 23.7 Å². The molecule has 1 atom stereocenters. The van der Waals surface area contributed by atoms with Crippen LogP contribution in [0.3, 0.4) is 0 Å². The van der Waals surface area contributed by atoms with Crippen LogP contribution in [-0.2, 0) is 30.6 Å². The van der Waals surface area contributed by atoms with Crippen LogP contribution in [0.15, 0.2) is 65.7 Å². The van der Waals surface area contributed by atoms with Crippen LogP contribution in [0, 0.1) is 6.92 Å². The Morgan fingerprint density at radius 1 is 1.03 bits per heavy atom. The Bertz CT molecular complexity index is 2440. The van der Waals surface area contributed by atoms with Crippen molar-refractivity contribution >= 4 is 79.8 Å². The molecule has 6 rings (SSSR count). The van der Waals surface area contributed by atoms with Gasteiger partial charge in [0.15, 0.2) is 15.7 Å². The number of amides is 5. The van der Waals surface area contributed by atoms with E-state index in [1.54, 1.807) is 56.1 Å². The third-order valence-electron chi connectivity index (χ3n) is 10.2. The van der Waals surface area contributed by atoms with Gasteiger partial charge in [-0.05, 0) is 87.6 Å². The molecule has 0 bridgehead atoms. The van der Waals surface area contributed by atoms with Crippen LogP contribution in [0.5, 0.6) is 5.75 Å². The monoisotopic (exact) mass is 844 g/mol. The number of halogens is 1. The number of imide groups is 2. The first-order valence-corrected chi connectivity index (χ1v) is 20.9. The highest BCUT2D eigenvalue weighted by molar-refractivity contribution is 7.92. The normalized spacial score (nSPS) is 15.2. The van der Waals surface area contributed by atoms with Gasteiger partial charge in [0, 0.05) is 38.7 Å². The van der Waals surface area contributed by atoms with Crippen LogP contribution in [0.1, 0.15) is 71.4 Å². The number of aryl methyl sites for hydroxylation is 1. The number of fused-ring (bicyclic) bond motifs is 1. The molecule has 5 amide bonds. The molecule has 2 aliphatic rings. The van der Waals surface area contributed by atoms with Gasteiger partial charge in [0.05, 0.1) is 46.0 Å². The number of benzene rings is 3. The largest absolute Gasteiger partial charge is 0.495 e. The van der Waals surface area contributed by atoms with E-state index in [9.17, 15) is 32.4 Å². The fourth-order valence-electron chi connectivity index (χ4n) is 6.83. The number of ether oxygens (including phenoxy) is 1. The second kappa shape index (κ2) is 17.8. The van der Waals surface area contributed by atoms with E-state index in [1.807, 2.05) is 19.1 Å². The summed E-state index contributed by atoms with van der Waals surface area (Å²) in [5.41, 5.74) is 3.57. The molecule has 310 valence electrons. The van der Waals surface area contributed by atoms with Crippen LogP contribution < -0.4 is 26.0 Å². The number of nitrogens with one attached hydrogen (secondary N) is 4. The molecule has 1 unspecified atom stereocenters. The van der Waals surface area contributed by atoms with E-state index in [1.165, 1.54) is 25.4 Å². The van der Waals surface area contributed by atoms with Crippen LogP contribution in [0.4, 0.5) is 28.8 Å². The van der Waals surface area contributed by atoms with Crippen molar-refractivity contribution in [1.82, 2.24) is 25.1 Å². The average Bonchev–Trinajstić information content (AvgIpc) is 3.46. The molecule has 1 saturated heterocycles. The van der Waals surface area contributed by atoms with Crippen molar-refractivity contribution in [2.24, 2.45) is 0 Å². The topological polar surface area (TPSA) is 209 Å². The van der Waals surface area contributed by atoms with Gasteiger partial charge in [0.1, 0.15) is 16.8 Å². The molecule has 0 saturated carbocycles. The Kier molecular flexibility index (Phi) is 12.9. The Balaban J connectivity index is 1.03. The van der Waals surface area contributed by atoms with Crippen molar-refractivity contribution in [3.63, 3.8) is 0 Å². The van der Waals surface area contributed by atoms with Crippen LogP contribution in [0.25, 0.3) is 0 Å². The smallest absolute Gasteiger partial charge is 0.264 e. The van der Waals surface area contributed by atoms with Crippen molar-refractivity contribution < 1.29 is 37.1 Å². The molecule has 0 radical (unpaired) electrons. The summed E-state index contributed by atoms with van der Waals surface area (Å²) in [6.45, 7) is 5.96. The average molecular weight is 845 g/mol. The summed E-state index contributed by atoms with van der Waals surface area (Å²) in [5, 5.41) is 11.1. The number of carbonyl (C=O) groups is 5. The van der Waals surface area contributed by atoms with Gasteiger partial charge in [-0.15, -0.1) is 0 Å². The van der Waals surface area contributed by atoms with Gasteiger partial charge in [-0.3, -0.25) is 34.2 Å². The number of hydrogen-bond acceptors (Lipinski definition) is 13. The molecular formula is C41H45ClN8O8S. The molecule has 2 aliphatic heterocycles. The van der Waals surface area contributed by atoms with Crippen molar-refractivity contribution in [2.75, 3.05) is 43.2 Å². The number of nitrogens with zero attached hydrogens (tertiary/aromatic N) is 4. The number of carbonyl (C=O) groups excluding carboxylic acids is 5. The lowest BCUT2D eigenvalue weighted by atomic mass is 10.0. The fourth-order valence-corrected chi connectivity index (χ4v) is 8.17. The first-order chi connectivity index (χ1) is 28.1. The summed E-state index contributed by atoms with van der Waals surface area (Å²) in [5.74, 6) is -1.46. The van der Waals surface area contributed by atoms with E-state index in [-0.39, 0.29) is 58.0 Å². The van der Waals surface area contributed by atoms with Gasteiger partial charge >= 0.3 is 0 Å². The number of anilines is 5. The third-order valence-corrected chi connectivity index (χ3v) is 12.7. The Morgan fingerprint density at radius 2 is 1.78 bits per heavy atom. The summed E-state index contributed by atoms with van der Waals surface area (Å²) in [6.07, 6.45) is 2.74. The number of methoxy groups -OCH3 is 1. The SMILES string of the molecule is COc1cc(CCN(C)C(=O)CCCNc2cccc3c2C(=O)N(C2CCC(=O)NC2=O)C3=O)c(C)cc1Nc1ncc(Cl)c(Nc2ccccc2S(=O)(=O)C(C)C)n1. The molecule has 16 nitrogen and oxygen atoms in total. The molecule has 3 aromatic carbocycles. The first-order valence-electron chi connectivity index (χ1n) is 19.0. The second-order valence-corrected chi connectivity index (χ2v) is 17.4. The molecule has 3 heterocycles. The van der Waals surface area contributed by atoms with E-state index < -0.39 is 44.8 Å². The van der Waals surface area contributed by atoms with E-state index in [2.05, 4.69) is 31.2 Å².